The third-order valence-electron chi connectivity index (χ3n) is 3.58. The summed E-state index contributed by atoms with van der Waals surface area (Å²) in [5.41, 5.74) is 2.70. The molecule has 0 aliphatic rings. The summed E-state index contributed by atoms with van der Waals surface area (Å²) in [6.45, 7) is 1.45. The van der Waals surface area contributed by atoms with Crippen molar-refractivity contribution >= 4 is 33.3 Å². The van der Waals surface area contributed by atoms with Crippen LogP contribution in [-0.2, 0) is 14.8 Å². The van der Waals surface area contributed by atoms with Gasteiger partial charge in [-0.1, -0.05) is 18.2 Å². The molecular weight excluding hydrogens is 366 g/mol. The third-order valence-corrected chi connectivity index (χ3v) is 4.49. The molecule has 0 aliphatic carbocycles. The molecule has 2 aromatic carbocycles. The second kappa shape index (κ2) is 7.52. The average molecular weight is 383 g/mol. The zero-order valence-corrected chi connectivity index (χ0v) is 15.2. The fourth-order valence-electron chi connectivity index (χ4n) is 2.39. The van der Waals surface area contributed by atoms with Crippen molar-refractivity contribution in [1.29, 1.82) is 0 Å². The van der Waals surface area contributed by atoms with E-state index < -0.39 is 10.0 Å². The fraction of sp³-hybridized carbons (Fsp3) is 0.0556. The monoisotopic (exact) mass is 383 g/mol. The Labute approximate surface area is 156 Å². The van der Waals surface area contributed by atoms with Crippen LogP contribution in [0.4, 0.5) is 17.3 Å². The van der Waals surface area contributed by atoms with E-state index in [1.807, 2.05) is 12.1 Å². The van der Waals surface area contributed by atoms with E-state index in [0.717, 1.165) is 5.56 Å². The summed E-state index contributed by atoms with van der Waals surface area (Å²) in [7, 11) is -3.79. The molecule has 0 radical (unpaired) electrons. The van der Waals surface area contributed by atoms with Crippen LogP contribution < -0.4 is 15.8 Å². The number of aromatic nitrogens is 2. The number of rotatable bonds is 5. The minimum absolute atomic E-state index is 0.00258. The summed E-state index contributed by atoms with van der Waals surface area (Å²) >= 11 is 0. The molecular formula is C18H17N5O3S. The molecule has 0 saturated heterocycles. The van der Waals surface area contributed by atoms with Crippen molar-refractivity contribution < 1.29 is 13.2 Å². The lowest BCUT2D eigenvalue weighted by Crippen LogP contribution is -2.12. The number of sulfonamides is 1. The minimum Gasteiger partial charge on any atom is -0.326 e. The van der Waals surface area contributed by atoms with Crippen LogP contribution in [0.3, 0.4) is 0 Å². The third kappa shape index (κ3) is 4.87. The highest BCUT2D eigenvalue weighted by atomic mass is 32.2. The minimum atomic E-state index is -3.79. The number of primary sulfonamides is 1. The van der Waals surface area contributed by atoms with Crippen LogP contribution in [0.5, 0.6) is 0 Å². The summed E-state index contributed by atoms with van der Waals surface area (Å²) in [6.07, 6.45) is 1.59. The number of benzene rings is 2. The molecule has 3 aromatic rings. The Morgan fingerprint density at radius 2 is 1.78 bits per heavy atom. The second-order valence-electron chi connectivity index (χ2n) is 5.72. The molecule has 3 rings (SSSR count). The van der Waals surface area contributed by atoms with Crippen molar-refractivity contribution in [3.05, 3.63) is 60.8 Å². The number of anilines is 3. The Morgan fingerprint density at radius 3 is 2.44 bits per heavy atom. The van der Waals surface area contributed by atoms with Crippen molar-refractivity contribution in [2.24, 2.45) is 5.14 Å². The highest BCUT2D eigenvalue weighted by Crippen LogP contribution is 2.22. The van der Waals surface area contributed by atoms with Crippen LogP contribution >= 0.6 is 0 Å². The average Bonchev–Trinajstić information content (AvgIpc) is 2.62. The van der Waals surface area contributed by atoms with Gasteiger partial charge in [-0.05, 0) is 36.4 Å². The fourth-order valence-corrected chi connectivity index (χ4v) is 2.95. The van der Waals surface area contributed by atoms with Gasteiger partial charge in [0.05, 0.1) is 10.6 Å². The first-order valence-electron chi connectivity index (χ1n) is 7.92. The topological polar surface area (TPSA) is 127 Å². The first-order chi connectivity index (χ1) is 12.8. The summed E-state index contributed by atoms with van der Waals surface area (Å²) < 4.78 is 22.9. The molecule has 8 nitrogen and oxygen atoms in total. The molecule has 138 valence electrons. The number of nitrogens with zero attached hydrogens (tertiary/aromatic N) is 2. The number of carbonyl (C=O) groups is 1. The molecule has 9 heteroatoms. The van der Waals surface area contributed by atoms with E-state index in [1.54, 1.807) is 36.5 Å². The molecule has 0 unspecified atom stereocenters. The highest BCUT2D eigenvalue weighted by Gasteiger charge is 2.09. The van der Waals surface area contributed by atoms with Crippen molar-refractivity contribution in [3.8, 4) is 11.3 Å². The van der Waals surface area contributed by atoms with Gasteiger partial charge in [-0.3, -0.25) is 4.79 Å². The molecule has 0 spiro atoms. The van der Waals surface area contributed by atoms with Gasteiger partial charge in [0.15, 0.2) is 0 Å². The van der Waals surface area contributed by atoms with E-state index in [4.69, 9.17) is 5.14 Å². The van der Waals surface area contributed by atoms with Crippen LogP contribution in [0.25, 0.3) is 11.3 Å². The van der Waals surface area contributed by atoms with Gasteiger partial charge in [0.2, 0.25) is 21.9 Å². The second-order valence-corrected chi connectivity index (χ2v) is 7.28. The van der Waals surface area contributed by atoms with E-state index >= 15 is 0 Å². The number of hydrogen-bond donors (Lipinski definition) is 3. The molecule has 1 heterocycles. The normalized spacial score (nSPS) is 11.0. The summed E-state index contributed by atoms with van der Waals surface area (Å²) in [5, 5.41) is 10.8. The summed E-state index contributed by atoms with van der Waals surface area (Å²) in [5.74, 6) is 0.169. The van der Waals surface area contributed by atoms with Crippen molar-refractivity contribution in [1.82, 2.24) is 9.97 Å². The Hall–Kier alpha value is -3.30. The van der Waals surface area contributed by atoms with Gasteiger partial charge >= 0.3 is 0 Å². The Morgan fingerprint density at radius 1 is 1.04 bits per heavy atom. The SMILES string of the molecule is CC(=O)Nc1ccc(-c2ccnc(Nc3cccc(S(N)(=O)=O)c3)n2)cc1. The highest BCUT2D eigenvalue weighted by molar-refractivity contribution is 7.89. The lowest BCUT2D eigenvalue weighted by molar-refractivity contribution is -0.114. The molecule has 0 fully saturated rings. The number of nitrogens with two attached hydrogens (primary N) is 1. The van der Waals surface area contributed by atoms with E-state index in [1.165, 1.54) is 19.1 Å². The van der Waals surface area contributed by atoms with Crippen molar-refractivity contribution in [3.63, 3.8) is 0 Å². The van der Waals surface area contributed by atoms with E-state index in [-0.39, 0.29) is 10.8 Å². The zero-order valence-electron chi connectivity index (χ0n) is 14.4. The quantitative estimate of drug-likeness (QED) is 0.621. The van der Waals surface area contributed by atoms with Gasteiger partial charge in [-0.15, -0.1) is 0 Å². The van der Waals surface area contributed by atoms with E-state index in [9.17, 15) is 13.2 Å². The van der Waals surface area contributed by atoms with Crippen LogP contribution in [0, 0.1) is 0 Å². The first kappa shape index (κ1) is 18.5. The standard InChI is InChI=1S/C18H17N5O3S/c1-12(24)21-14-7-5-13(6-8-14)17-9-10-20-18(23-17)22-15-3-2-4-16(11-15)27(19,25)26/h2-11H,1H3,(H,21,24)(H2,19,25,26)(H,20,22,23). The lowest BCUT2D eigenvalue weighted by atomic mass is 10.1. The zero-order chi connectivity index (χ0) is 19.4. The largest absolute Gasteiger partial charge is 0.326 e. The maximum Gasteiger partial charge on any atom is 0.238 e. The maximum atomic E-state index is 11.5. The predicted molar refractivity (Wildman–Crippen MR) is 103 cm³/mol. The summed E-state index contributed by atoms with van der Waals surface area (Å²) in [6, 6.07) is 15.1. The number of carbonyl (C=O) groups excluding carboxylic acids is 1. The van der Waals surface area contributed by atoms with E-state index in [0.29, 0.717) is 23.0 Å². The van der Waals surface area contributed by atoms with E-state index in [2.05, 4.69) is 20.6 Å². The molecule has 27 heavy (non-hydrogen) atoms. The number of amides is 1. The van der Waals surface area contributed by atoms with Gasteiger partial charge < -0.3 is 10.6 Å². The van der Waals surface area contributed by atoms with Gasteiger partial charge in [0.1, 0.15) is 0 Å². The molecule has 0 aliphatic heterocycles. The predicted octanol–water partition coefficient (Wildman–Crippen LogP) is 2.49. The smallest absolute Gasteiger partial charge is 0.238 e. The van der Waals surface area contributed by atoms with Gasteiger partial charge in [-0.25, -0.2) is 23.5 Å². The first-order valence-corrected chi connectivity index (χ1v) is 9.47. The van der Waals surface area contributed by atoms with Gasteiger partial charge in [0, 0.05) is 30.1 Å². The Balaban J connectivity index is 1.83. The Kier molecular flexibility index (Phi) is 5.15. The lowest BCUT2D eigenvalue weighted by Gasteiger charge is -2.08. The van der Waals surface area contributed by atoms with Crippen molar-refractivity contribution in [2.45, 2.75) is 11.8 Å². The molecule has 1 aromatic heterocycles. The van der Waals surface area contributed by atoms with Crippen LogP contribution in [-0.4, -0.2) is 24.3 Å². The van der Waals surface area contributed by atoms with Crippen LogP contribution in [0.1, 0.15) is 6.92 Å². The summed E-state index contributed by atoms with van der Waals surface area (Å²) in [4.78, 5) is 19.7. The van der Waals surface area contributed by atoms with Gasteiger partial charge in [0.25, 0.3) is 0 Å². The molecule has 1 amide bonds. The van der Waals surface area contributed by atoms with Crippen LogP contribution in [0.15, 0.2) is 65.7 Å². The van der Waals surface area contributed by atoms with Crippen LogP contribution in [0.2, 0.25) is 0 Å². The maximum absolute atomic E-state index is 11.5. The molecule has 4 N–H and O–H groups in total. The molecule has 0 bridgehead atoms. The van der Waals surface area contributed by atoms with Gasteiger partial charge in [-0.2, -0.15) is 0 Å². The Bertz CT molecular complexity index is 1080. The number of nitrogens with one attached hydrogen (secondary N) is 2. The number of hydrogen-bond acceptors (Lipinski definition) is 6. The van der Waals surface area contributed by atoms with Crippen molar-refractivity contribution in [2.75, 3.05) is 10.6 Å². The molecule has 0 atom stereocenters. The molecule has 0 saturated carbocycles.